The van der Waals surface area contributed by atoms with Crippen LogP contribution in [0.3, 0.4) is 0 Å². The van der Waals surface area contributed by atoms with E-state index in [1.807, 2.05) is 18.3 Å². The molecule has 0 bridgehead atoms. The highest BCUT2D eigenvalue weighted by atomic mass is 15.5. The normalized spacial score (nSPS) is 28.8. The SMILES string of the molecule is CC1CC=CN(C)N1. The van der Waals surface area contributed by atoms with Gasteiger partial charge in [-0.15, -0.1) is 0 Å². The third kappa shape index (κ3) is 1.23. The third-order valence-electron chi connectivity index (χ3n) is 1.24. The van der Waals surface area contributed by atoms with E-state index in [0.717, 1.165) is 6.42 Å². The molecule has 2 nitrogen and oxygen atoms in total. The molecule has 0 aromatic heterocycles. The van der Waals surface area contributed by atoms with E-state index in [0.29, 0.717) is 6.04 Å². The monoisotopic (exact) mass is 112 g/mol. The standard InChI is InChI=1S/C6H12N2/c1-6-4-3-5-8(2)7-6/h3,5-7H,4H2,1-2H3. The smallest absolute Gasteiger partial charge is 0.0269 e. The minimum Gasteiger partial charge on any atom is -0.319 e. The molecule has 2 heteroatoms. The topological polar surface area (TPSA) is 15.3 Å². The average Bonchev–Trinajstić information content (AvgIpc) is 1.64. The summed E-state index contributed by atoms with van der Waals surface area (Å²) in [4.78, 5) is 0. The number of nitrogens with zero attached hydrogens (tertiary/aromatic N) is 1. The molecular formula is C6H12N2. The summed E-state index contributed by atoms with van der Waals surface area (Å²) < 4.78 is 0. The van der Waals surface area contributed by atoms with Crippen molar-refractivity contribution in [3.8, 4) is 0 Å². The highest BCUT2D eigenvalue weighted by Crippen LogP contribution is 1.99. The minimum absolute atomic E-state index is 0.602. The van der Waals surface area contributed by atoms with Gasteiger partial charge in [-0.25, -0.2) is 5.43 Å². The Balaban J connectivity index is 2.42. The average molecular weight is 112 g/mol. The molecule has 0 aromatic carbocycles. The van der Waals surface area contributed by atoms with Crippen molar-refractivity contribution in [1.82, 2.24) is 10.4 Å². The molecule has 1 atom stereocenters. The zero-order valence-corrected chi connectivity index (χ0v) is 5.39. The summed E-state index contributed by atoms with van der Waals surface area (Å²) in [7, 11) is 2.01. The maximum atomic E-state index is 3.23. The lowest BCUT2D eigenvalue weighted by Gasteiger charge is -2.24. The third-order valence-corrected chi connectivity index (χ3v) is 1.24. The Morgan fingerprint density at radius 2 is 2.50 bits per heavy atom. The van der Waals surface area contributed by atoms with Crippen molar-refractivity contribution in [2.45, 2.75) is 19.4 Å². The van der Waals surface area contributed by atoms with Crippen LogP contribution >= 0.6 is 0 Å². The van der Waals surface area contributed by atoms with Crippen molar-refractivity contribution >= 4 is 0 Å². The Bertz CT molecular complexity index is 98.7. The van der Waals surface area contributed by atoms with Crippen molar-refractivity contribution < 1.29 is 0 Å². The van der Waals surface area contributed by atoms with Crippen LogP contribution < -0.4 is 5.43 Å². The maximum absolute atomic E-state index is 3.23. The first-order chi connectivity index (χ1) is 3.79. The maximum Gasteiger partial charge on any atom is 0.0269 e. The first kappa shape index (κ1) is 5.63. The van der Waals surface area contributed by atoms with Crippen molar-refractivity contribution in [1.29, 1.82) is 0 Å². The van der Waals surface area contributed by atoms with Gasteiger partial charge >= 0.3 is 0 Å². The molecule has 0 saturated carbocycles. The molecule has 0 amide bonds. The summed E-state index contributed by atoms with van der Waals surface area (Å²) in [6, 6.07) is 0.602. The Hall–Kier alpha value is -0.500. The predicted octanol–water partition coefficient (Wildman–Crippen LogP) is 0.729. The molecule has 0 fully saturated rings. The van der Waals surface area contributed by atoms with Gasteiger partial charge < -0.3 is 5.01 Å². The minimum atomic E-state index is 0.602. The Labute approximate surface area is 50.1 Å². The van der Waals surface area contributed by atoms with E-state index >= 15 is 0 Å². The van der Waals surface area contributed by atoms with Crippen LogP contribution in [0.2, 0.25) is 0 Å². The molecule has 8 heavy (non-hydrogen) atoms. The van der Waals surface area contributed by atoms with Crippen LogP contribution in [0.15, 0.2) is 12.3 Å². The molecule has 0 aliphatic carbocycles. The summed E-state index contributed by atoms with van der Waals surface area (Å²) in [5.41, 5.74) is 3.23. The fraction of sp³-hybridized carbons (Fsp3) is 0.667. The van der Waals surface area contributed by atoms with Crippen LogP contribution in [0, 0.1) is 0 Å². The first-order valence-corrected chi connectivity index (χ1v) is 2.94. The van der Waals surface area contributed by atoms with Crippen LogP contribution in [0.25, 0.3) is 0 Å². The number of rotatable bonds is 0. The van der Waals surface area contributed by atoms with E-state index in [2.05, 4.69) is 18.4 Å². The van der Waals surface area contributed by atoms with Crippen molar-refractivity contribution in [3.05, 3.63) is 12.3 Å². The van der Waals surface area contributed by atoms with Crippen LogP contribution in [-0.2, 0) is 0 Å². The van der Waals surface area contributed by atoms with E-state index < -0.39 is 0 Å². The van der Waals surface area contributed by atoms with Crippen molar-refractivity contribution in [2.75, 3.05) is 7.05 Å². The fourth-order valence-electron chi connectivity index (χ4n) is 0.866. The molecular weight excluding hydrogens is 100 g/mol. The van der Waals surface area contributed by atoms with E-state index in [4.69, 9.17) is 0 Å². The summed E-state index contributed by atoms with van der Waals surface area (Å²) in [5, 5.41) is 1.98. The fourth-order valence-corrected chi connectivity index (χ4v) is 0.866. The zero-order valence-electron chi connectivity index (χ0n) is 5.39. The summed E-state index contributed by atoms with van der Waals surface area (Å²) in [6.07, 6.45) is 5.35. The second-order valence-electron chi connectivity index (χ2n) is 2.26. The molecule has 1 aliphatic rings. The molecule has 46 valence electrons. The van der Waals surface area contributed by atoms with E-state index in [9.17, 15) is 0 Å². The van der Waals surface area contributed by atoms with Gasteiger partial charge in [-0.2, -0.15) is 0 Å². The Morgan fingerprint density at radius 3 is 2.88 bits per heavy atom. The Morgan fingerprint density at radius 1 is 1.75 bits per heavy atom. The predicted molar refractivity (Wildman–Crippen MR) is 34.1 cm³/mol. The van der Waals surface area contributed by atoms with Crippen LogP contribution in [-0.4, -0.2) is 18.1 Å². The van der Waals surface area contributed by atoms with E-state index in [-0.39, 0.29) is 0 Å². The van der Waals surface area contributed by atoms with Gasteiger partial charge in [0, 0.05) is 19.3 Å². The van der Waals surface area contributed by atoms with Crippen LogP contribution in [0.1, 0.15) is 13.3 Å². The second kappa shape index (κ2) is 2.18. The lowest BCUT2D eigenvalue weighted by Crippen LogP contribution is -2.39. The summed E-state index contributed by atoms with van der Waals surface area (Å²) >= 11 is 0. The highest BCUT2D eigenvalue weighted by Gasteiger charge is 2.03. The van der Waals surface area contributed by atoms with Gasteiger partial charge in [0.2, 0.25) is 0 Å². The number of hydrazine groups is 1. The molecule has 1 rings (SSSR count). The Kier molecular flexibility index (Phi) is 1.53. The zero-order chi connectivity index (χ0) is 5.98. The quantitative estimate of drug-likeness (QED) is 0.497. The van der Waals surface area contributed by atoms with E-state index in [1.165, 1.54) is 0 Å². The van der Waals surface area contributed by atoms with Gasteiger partial charge in [-0.1, -0.05) is 6.08 Å². The summed E-state index contributed by atoms with van der Waals surface area (Å²) in [5.74, 6) is 0. The molecule has 1 N–H and O–H groups in total. The van der Waals surface area contributed by atoms with E-state index in [1.54, 1.807) is 0 Å². The van der Waals surface area contributed by atoms with Gasteiger partial charge in [0.25, 0.3) is 0 Å². The van der Waals surface area contributed by atoms with Gasteiger partial charge in [0.05, 0.1) is 0 Å². The molecule has 0 saturated heterocycles. The van der Waals surface area contributed by atoms with Gasteiger partial charge in [-0.3, -0.25) is 0 Å². The molecule has 0 aromatic rings. The summed E-state index contributed by atoms with van der Waals surface area (Å²) in [6.45, 7) is 2.17. The first-order valence-electron chi connectivity index (χ1n) is 2.94. The molecule has 1 aliphatic heterocycles. The second-order valence-corrected chi connectivity index (χ2v) is 2.26. The van der Waals surface area contributed by atoms with Crippen LogP contribution in [0.5, 0.6) is 0 Å². The molecule has 1 heterocycles. The highest BCUT2D eigenvalue weighted by molar-refractivity contribution is 4.87. The van der Waals surface area contributed by atoms with Gasteiger partial charge in [-0.05, 0) is 13.3 Å². The van der Waals surface area contributed by atoms with Crippen molar-refractivity contribution in [3.63, 3.8) is 0 Å². The lowest BCUT2D eigenvalue weighted by atomic mass is 10.2. The molecule has 0 radical (unpaired) electrons. The number of nitrogens with one attached hydrogen (secondary N) is 1. The van der Waals surface area contributed by atoms with Gasteiger partial charge in [0.1, 0.15) is 0 Å². The number of hydrogen-bond donors (Lipinski definition) is 1. The molecule has 1 unspecified atom stereocenters. The number of hydrogen-bond acceptors (Lipinski definition) is 2. The van der Waals surface area contributed by atoms with Crippen LogP contribution in [0.4, 0.5) is 0 Å². The van der Waals surface area contributed by atoms with Gasteiger partial charge in [0.15, 0.2) is 0 Å². The lowest BCUT2D eigenvalue weighted by molar-refractivity contribution is 0.266. The van der Waals surface area contributed by atoms with Crippen molar-refractivity contribution in [2.24, 2.45) is 0 Å². The largest absolute Gasteiger partial charge is 0.319 e. The molecule has 0 spiro atoms.